The average Bonchev–Trinajstić information content (AvgIpc) is 3.07. The maximum Gasteiger partial charge on any atom is 0.224 e. The van der Waals surface area contributed by atoms with Crippen LogP contribution in [0.2, 0.25) is 0 Å². The van der Waals surface area contributed by atoms with Crippen LogP contribution in [0.5, 0.6) is 0 Å². The number of nitrogens with one attached hydrogen (secondary N) is 1. The lowest BCUT2D eigenvalue weighted by molar-refractivity contribution is -0.116. The van der Waals surface area contributed by atoms with Gasteiger partial charge in [0.1, 0.15) is 0 Å². The molecule has 154 valence electrons. The number of carbonyl (C=O) groups is 1. The Morgan fingerprint density at radius 1 is 1.07 bits per heavy atom. The zero-order valence-corrected chi connectivity index (χ0v) is 18.2. The zero-order chi connectivity index (χ0) is 21.4. The minimum Gasteiger partial charge on any atom is -0.326 e. The molecule has 3 heterocycles. The van der Waals surface area contributed by atoms with Gasteiger partial charge in [-0.05, 0) is 75.4 Å². The highest BCUT2D eigenvalue weighted by Crippen LogP contribution is 2.25. The summed E-state index contributed by atoms with van der Waals surface area (Å²) < 4.78 is 1.87. The van der Waals surface area contributed by atoms with E-state index in [2.05, 4.69) is 30.2 Å². The summed E-state index contributed by atoms with van der Waals surface area (Å²) in [6.07, 6.45) is 1.99. The fourth-order valence-electron chi connectivity index (χ4n) is 4.01. The number of aryl methyl sites for hydroxylation is 5. The minimum atomic E-state index is -0.00286. The topological polar surface area (TPSA) is 72.2 Å². The molecule has 6 nitrogen and oxygen atoms in total. The van der Waals surface area contributed by atoms with Gasteiger partial charge >= 0.3 is 0 Å². The van der Waals surface area contributed by atoms with Gasteiger partial charge in [0.2, 0.25) is 5.91 Å². The van der Waals surface area contributed by atoms with E-state index in [4.69, 9.17) is 10.1 Å². The molecule has 0 atom stereocenters. The lowest BCUT2D eigenvalue weighted by Gasteiger charge is -2.11. The van der Waals surface area contributed by atoms with Gasteiger partial charge in [0.15, 0.2) is 11.3 Å². The number of amides is 1. The average molecular weight is 402 g/mol. The molecule has 0 saturated carbocycles. The summed E-state index contributed by atoms with van der Waals surface area (Å²) in [5.41, 5.74) is 8.69. The van der Waals surface area contributed by atoms with Gasteiger partial charge in [0.05, 0.1) is 5.39 Å². The van der Waals surface area contributed by atoms with Crippen molar-refractivity contribution >= 4 is 28.3 Å². The van der Waals surface area contributed by atoms with E-state index in [1.807, 2.05) is 49.6 Å². The number of fused-ring (bicyclic) bond motifs is 3. The molecule has 0 aliphatic heterocycles. The summed E-state index contributed by atoms with van der Waals surface area (Å²) in [5, 5.41) is 8.67. The van der Waals surface area contributed by atoms with E-state index in [1.165, 1.54) is 5.56 Å². The Bertz CT molecular complexity index is 1250. The van der Waals surface area contributed by atoms with E-state index in [0.717, 1.165) is 51.4 Å². The van der Waals surface area contributed by atoms with Crippen LogP contribution in [0.1, 0.15) is 47.1 Å². The SMILES string of the molecule is CCc1ccc(NC(=O)CCc2c(C)nc3c4c(C)cc(C)nc4nn3c2C)cc1. The first kappa shape index (κ1) is 20.0. The third kappa shape index (κ3) is 3.65. The highest BCUT2D eigenvalue weighted by atomic mass is 16.1. The molecule has 0 aliphatic carbocycles. The molecule has 4 rings (SSSR count). The van der Waals surface area contributed by atoms with Crippen LogP contribution in [0, 0.1) is 27.7 Å². The summed E-state index contributed by atoms with van der Waals surface area (Å²) in [6, 6.07) is 10.0. The standard InChI is InChI=1S/C24H27N5O/c1-6-18-7-9-19(10-8-18)27-21(30)12-11-20-16(4)26-24-22-14(2)13-15(3)25-23(22)28-29(24)17(20)5/h7-10,13H,6,11-12H2,1-5H3,(H,27,30). The third-order valence-corrected chi connectivity index (χ3v) is 5.66. The molecule has 4 aromatic rings. The van der Waals surface area contributed by atoms with Crippen LogP contribution in [0.15, 0.2) is 30.3 Å². The predicted molar refractivity (Wildman–Crippen MR) is 120 cm³/mol. The zero-order valence-electron chi connectivity index (χ0n) is 18.2. The highest BCUT2D eigenvalue weighted by molar-refractivity contribution is 5.93. The molecule has 6 heteroatoms. The minimum absolute atomic E-state index is 0.00286. The number of hydrogen-bond donors (Lipinski definition) is 1. The summed E-state index contributed by atoms with van der Waals surface area (Å²) >= 11 is 0. The molecule has 0 aliphatic rings. The quantitative estimate of drug-likeness (QED) is 0.529. The summed E-state index contributed by atoms with van der Waals surface area (Å²) in [5.74, 6) is -0.00286. The molecular formula is C24H27N5O. The van der Waals surface area contributed by atoms with Gasteiger partial charge in [0.25, 0.3) is 0 Å². The van der Waals surface area contributed by atoms with Crippen LogP contribution in [-0.4, -0.2) is 25.5 Å². The van der Waals surface area contributed by atoms with Crippen molar-refractivity contribution in [2.24, 2.45) is 0 Å². The molecule has 30 heavy (non-hydrogen) atoms. The fraction of sp³-hybridized carbons (Fsp3) is 0.333. The van der Waals surface area contributed by atoms with Crippen LogP contribution in [0.25, 0.3) is 16.7 Å². The van der Waals surface area contributed by atoms with Gasteiger partial charge in [-0.2, -0.15) is 0 Å². The van der Waals surface area contributed by atoms with Crippen LogP contribution >= 0.6 is 0 Å². The van der Waals surface area contributed by atoms with Crippen molar-refractivity contribution < 1.29 is 4.79 Å². The molecule has 3 aromatic heterocycles. The molecule has 0 radical (unpaired) electrons. The number of anilines is 1. The first-order chi connectivity index (χ1) is 14.4. The van der Waals surface area contributed by atoms with Gasteiger partial charge < -0.3 is 5.32 Å². The maximum atomic E-state index is 12.5. The lowest BCUT2D eigenvalue weighted by atomic mass is 10.1. The summed E-state index contributed by atoms with van der Waals surface area (Å²) in [4.78, 5) is 21.9. The summed E-state index contributed by atoms with van der Waals surface area (Å²) in [7, 11) is 0. The molecule has 1 aromatic carbocycles. The third-order valence-electron chi connectivity index (χ3n) is 5.66. The van der Waals surface area contributed by atoms with Crippen LogP contribution < -0.4 is 5.32 Å². The second kappa shape index (κ2) is 7.86. The van der Waals surface area contributed by atoms with E-state index in [1.54, 1.807) is 0 Å². The lowest BCUT2D eigenvalue weighted by Crippen LogP contribution is -2.14. The number of carbonyl (C=O) groups excluding carboxylic acids is 1. The van der Waals surface area contributed by atoms with Crippen LogP contribution in [0.4, 0.5) is 5.69 Å². The van der Waals surface area contributed by atoms with Crippen molar-refractivity contribution in [3.63, 3.8) is 0 Å². The van der Waals surface area contributed by atoms with E-state index in [-0.39, 0.29) is 5.91 Å². The molecule has 1 N–H and O–H groups in total. The van der Waals surface area contributed by atoms with Gasteiger partial charge in [-0.25, -0.2) is 14.5 Å². The predicted octanol–water partition coefficient (Wildman–Crippen LogP) is 4.64. The number of aromatic nitrogens is 4. The molecule has 0 bridgehead atoms. The van der Waals surface area contributed by atoms with Gasteiger partial charge in [-0.1, -0.05) is 19.1 Å². The molecule has 1 amide bonds. The smallest absolute Gasteiger partial charge is 0.224 e. The van der Waals surface area contributed by atoms with Crippen molar-refractivity contribution in [3.8, 4) is 0 Å². The van der Waals surface area contributed by atoms with Gasteiger partial charge in [0, 0.05) is 29.2 Å². The van der Waals surface area contributed by atoms with E-state index >= 15 is 0 Å². The Morgan fingerprint density at radius 2 is 1.80 bits per heavy atom. The maximum absolute atomic E-state index is 12.5. The molecular weight excluding hydrogens is 374 g/mol. The van der Waals surface area contributed by atoms with E-state index in [0.29, 0.717) is 18.5 Å². The number of benzene rings is 1. The van der Waals surface area contributed by atoms with Crippen molar-refractivity contribution in [1.29, 1.82) is 0 Å². The largest absolute Gasteiger partial charge is 0.326 e. The Hall–Kier alpha value is -3.28. The van der Waals surface area contributed by atoms with Crippen molar-refractivity contribution in [1.82, 2.24) is 19.6 Å². The first-order valence-corrected chi connectivity index (χ1v) is 10.4. The fourth-order valence-corrected chi connectivity index (χ4v) is 4.01. The molecule has 0 saturated heterocycles. The first-order valence-electron chi connectivity index (χ1n) is 10.4. The Labute approximate surface area is 176 Å². The van der Waals surface area contributed by atoms with Crippen LogP contribution in [0.3, 0.4) is 0 Å². The molecule has 0 spiro atoms. The number of rotatable bonds is 5. The molecule has 0 unspecified atom stereocenters. The van der Waals surface area contributed by atoms with Crippen LogP contribution in [-0.2, 0) is 17.6 Å². The van der Waals surface area contributed by atoms with E-state index < -0.39 is 0 Å². The monoisotopic (exact) mass is 401 g/mol. The van der Waals surface area contributed by atoms with Crippen molar-refractivity contribution in [2.75, 3.05) is 5.32 Å². The number of nitrogens with zero attached hydrogens (tertiary/aromatic N) is 4. The number of hydrogen-bond acceptors (Lipinski definition) is 4. The van der Waals surface area contributed by atoms with Crippen molar-refractivity contribution in [3.05, 3.63) is 64.1 Å². The van der Waals surface area contributed by atoms with Gasteiger partial charge in [-0.15, -0.1) is 5.10 Å². The normalized spacial score (nSPS) is 11.4. The van der Waals surface area contributed by atoms with E-state index in [9.17, 15) is 4.79 Å². The second-order valence-electron chi connectivity index (χ2n) is 7.87. The Morgan fingerprint density at radius 3 is 2.50 bits per heavy atom. The van der Waals surface area contributed by atoms with Gasteiger partial charge in [-0.3, -0.25) is 4.79 Å². The summed E-state index contributed by atoms with van der Waals surface area (Å²) in [6.45, 7) is 10.2. The van der Waals surface area contributed by atoms with Crippen molar-refractivity contribution in [2.45, 2.75) is 53.9 Å². The number of pyridine rings is 1. The second-order valence-corrected chi connectivity index (χ2v) is 7.87. The highest BCUT2D eigenvalue weighted by Gasteiger charge is 2.17. The Kier molecular flexibility index (Phi) is 5.24. The molecule has 0 fully saturated rings. The Balaban J connectivity index is 1.58.